The van der Waals surface area contributed by atoms with Gasteiger partial charge in [-0.3, -0.25) is 4.90 Å². The lowest BCUT2D eigenvalue weighted by atomic mass is 10.2. The fourth-order valence-corrected chi connectivity index (χ4v) is 4.38. The maximum Gasteiger partial charge on any atom is 0.217 e. The first-order valence-corrected chi connectivity index (χ1v) is 8.50. The van der Waals surface area contributed by atoms with E-state index < -0.39 is 16.1 Å². The quantitative estimate of drug-likeness (QED) is 0.853. The van der Waals surface area contributed by atoms with Gasteiger partial charge in [-0.1, -0.05) is 0 Å². The van der Waals surface area contributed by atoms with E-state index in [4.69, 9.17) is 4.42 Å². The Hall–Kier alpha value is -0.890. The number of aliphatic hydroxyl groups is 1. The zero-order valence-electron chi connectivity index (χ0n) is 11.3. The van der Waals surface area contributed by atoms with Gasteiger partial charge in [0.1, 0.15) is 11.9 Å². The van der Waals surface area contributed by atoms with Crippen molar-refractivity contribution in [2.75, 3.05) is 32.7 Å². The van der Waals surface area contributed by atoms with Crippen LogP contribution in [-0.4, -0.2) is 60.7 Å². The summed E-state index contributed by atoms with van der Waals surface area (Å²) in [6.07, 6.45) is 2.50. The van der Waals surface area contributed by atoms with Gasteiger partial charge in [0.25, 0.3) is 0 Å². The van der Waals surface area contributed by atoms with Crippen LogP contribution in [0.1, 0.15) is 24.7 Å². The number of hydrogen-bond acceptors (Lipinski definition) is 5. The highest BCUT2D eigenvalue weighted by atomic mass is 32.2. The topological polar surface area (TPSA) is 74.0 Å². The van der Waals surface area contributed by atoms with E-state index in [-0.39, 0.29) is 5.25 Å². The molecule has 20 heavy (non-hydrogen) atoms. The van der Waals surface area contributed by atoms with Crippen molar-refractivity contribution in [2.24, 2.45) is 0 Å². The molecule has 0 amide bonds. The van der Waals surface area contributed by atoms with E-state index in [2.05, 4.69) is 4.90 Å². The summed E-state index contributed by atoms with van der Waals surface area (Å²) in [5.74, 6) is 0.554. The Balaban J connectivity index is 1.51. The van der Waals surface area contributed by atoms with E-state index in [1.165, 1.54) is 0 Å². The summed E-state index contributed by atoms with van der Waals surface area (Å²) >= 11 is 0. The Bertz CT molecular complexity index is 531. The highest BCUT2D eigenvalue weighted by molar-refractivity contribution is 7.90. The zero-order valence-corrected chi connectivity index (χ0v) is 12.1. The first-order valence-electron chi connectivity index (χ1n) is 7.00. The average Bonchev–Trinajstić information content (AvgIpc) is 3.16. The molecule has 2 heterocycles. The second-order valence-corrected chi connectivity index (χ2v) is 7.69. The standard InChI is InChI=1S/C13H20N2O4S/c16-12(13-2-1-9-19-13)10-14-5-7-15(8-6-14)20(17,18)11-3-4-11/h1-2,9,11-12,16H,3-8,10H2/t12-/m0/s1. The van der Waals surface area contributed by atoms with Crippen molar-refractivity contribution in [3.63, 3.8) is 0 Å². The number of piperazine rings is 1. The van der Waals surface area contributed by atoms with E-state index in [1.807, 2.05) is 0 Å². The summed E-state index contributed by atoms with van der Waals surface area (Å²) in [7, 11) is -3.06. The number of sulfonamides is 1. The molecule has 1 aliphatic carbocycles. The van der Waals surface area contributed by atoms with Crippen LogP contribution in [0.2, 0.25) is 0 Å². The molecule has 112 valence electrons. The van der Waals surface area contributed by atoms with Crippen molar-refractivity contribution in [1.29, 1.82) is 0 Å². The van der Waals surface area contributed by atoms with E-state index >= 15 is 0 Å². The second-order valence-electron chi connectivity index (χ2n) is 5.48. The maximum atomic E-state index is 12.1. The van der Waals surface area contributed by atoms with Gasteiger partial charge in [-0.25, -0.2) is 8.42 Å². The first kappa shape index (κ1) is 14.1. The molecule has 0 aromatic carbocycles. The summed E-state index contributed by atoms with van der Waals surface area (Å²) in [5, 5.41) is 9.88. The lowest BCUT2D eigenvalue weighted by Gasteiger charge is -2.34. The van der Waals surface area contributed by atoms with Crippen molar-refractivity contribution in [3.8, 4) is 0 Å². The van der Waals surface area contributed by atoms with Gasteiger partial charge < -0.3 is 9.52 Å². The Morgan fingerprint density at radius 3 is 2.55 bits per heavy atom. The Kier molecular flexibility index (Phi) is 3.85. The number of aliphatic hydroxyl groups excluding tert-OH is 1. The van der Waals surface area contributed by atoms with Crippen LogP contribution in [0.15, 0.2) is 22.8 Å². The molecule has 1 N–H and O–H groups in total. The van der Waals surface area contributed by atoms with Crippen molar-refractivity contribution in [3.05, 3.63) is 24.2 Å². The third-order valence-electron chi connectivity index (χ3n) is 3.94. The summed E-state index contributed by atoms with van der Waals surface area (Å²) < 4.78 is 31.0. The molecule has 0 bridgehead atoms. The second kappa shape index (κ2) is 5.48. The third kappa shape index (κ3) is 2.90. The van der Waals surface area contributed by atoms with Crippen LogP contribution in [0.4, 0.5) is 0 Å². The zero-order chi connectivity index (χ0) is 14.2. The van der Waals surface area contributed by atoms with Gasteiger partial charge in [0.15, 0.2) is 0 Å². The van der Waals surface area contributed by atoms with E-state index in [1.54, 1.807) is 22.7 Å². The molecular weight excluding hydrogens is 280 g/mol. The lowest BCUT2D eigenvalue weighted by Crippen LogP contribution is -2.50. The van der Waals surface area contributed by atoms with Crippen LogP contribution in [0.25, 0.3) is 0 Å². The molecule has 1 aromatic heterocycles. The predicted octanol–water partition coefficient (Wildman–Crippen LogP) is 0.423. The molecule has 2 aliphatic rings. The van der Waals surface area contributed by atoms with Gasteiger partial charge in [-0.15, -0.1) is 0 Å². The molecule has 1 saturated heterocycles. The van der Waals surface area contributed by atoms with Crippen LogP contribution in [0, 0.1) is 0 Å². The summed E-state index contributed by atoms with van der Waals surface area (Å²) in [6, 6.07) is 3.50. The third-order valence-corrected chi connectivity index (χ3v) is 6.34. The number of β-amino-alcohol motifs (C(OH)–C–C–N with tert-alkyl or cyclic N) is 1. The summed E-state index contributed by atoms with van der Waals surface area (Å²) in [4.78, 5) is 2.08. The summed E-state index contributed by atoms with van der Waals surface area (Å²) in [6.45, 7) is 2.83. The van der Waals surface area contributed by atoms with Gasteiger partial charge >= 0.3 is 0 Å². The van der Waals surface area contributed by atoms with Crippen LogP contribution in [0.5, 0.6) is 0 Å². The van der Waals surface area contributed by atoms with Crippen LogP contribution in [0.3, 0.4) is 0 Å². The van der Waals surface area contributed by atoms with E-state index in [0.29, 0.717) is 38.5 Å². The van der Waals surface area contributed by atoms with Gasteiger partial charge in [0.05, 0.1) is 11.5 Å². The number of furan rings is 1. The minimum absolute atomic E-state index is 0.136. The lowest BCUT2D eigenvalue weighted by molar-refractivity contribution is 0.0776. The molecule has 2 fully saturated rings. The molecule has 0 radical (unpaired) electrons. The Morgan fingerprint density at radius 2 is 2.00 bits per heavy atom. The van der Waals surface area contributed by atoms with Gasteiger partial charge in [0, 0.05) is 32.7 Å². The summed E-state index contributed by atoms with van der Waals surface area (Å²) in [5.41, 5.74) is 0. The van der Waals surface area contributed by atoms with Gasteiger partial charge in [-0.2, -0.15) is 4.31 Å². The van der Waals surface area contributed by atoms with Crippen LogP contribution < -0.4 is 0 Å². The predicted molar refractivity (Wildman–Crippen MR) is 73.6 cm³/mol. The maximum absolute atomic E-state index is 12.1. The molecule has 6 nitrogen and oxygen atoms in total. The highest BCUT2D eigenvalue weighted by Crippen LogP contribution is 2.31. The largest absolute Gasteiger partial charge is 0.467 e. The van der Waals surface area contributed by atoms with Crippen LogP contribution >= 0.6 is 0 Å². The average molecular weight is 300 g/mol. The van der Waals surface area contributed by atoms with Crippen molar-refractivity contribution < 1.29 is 17.9 Å². The fourth-order valence-electron chi connectivity index (χ4n) is 2.56. The number of rotatable bonds is 5. The smallest absolute Gasteiger partial charge is 0.217 e. The Labute approximate surface area is 119 Å². The minimum atomic E-state index is -3.06. The molecule has 1 saturated carbocycles. The minimum Gasteiger partial charge on any atom is -0.467 e. The fraction of sp³-hybridized carbons (Fsp3) is 0.692. The van der Waals surface area contributed by atoms with Gasteiger partial charge in [-0.05, 0) is 25.0 Å². The molecule has 3 rings (SSSR count). The molecule has 1 atom stereocenters. The molecule has 1 aromatic rings. The normalized spacial score (nSPS) is 23.9. The molecule has 0 spiro atoms. The number of hydrogen-bond donors (Lipinski definition) is 1. The number of nitrogens with zero attached hydrogens (tertiary/aromatic N) is 2. The highest BCUT2D eigenvalue weighted by Gasteiger charge is 2.41. The van der Waals surface area contributed by atoms with E-state index in [9.17, 15) is 13.5 Å². The van der Waals surface area contributed by atoms with Crippen molar-refractivity contribution >= 4 is 10.0 Å². The molecule has 1 aliphatic heterocycles. The molecule has 0 unspecified atom stereocenters. The van der Waals surface area contributed by atoms with Gasteiger partial charge in [0.2, 0.25) is 10.0 Å². The monoisotopic (exact) mass is 300 g/mol. The molecular formula is C13H20N2O4S. The van der Waals surface area contributed by atoms with Crippen molar-refractivity contribution in [1.82, 2.24) is 9.21 Å². The van der Waals surface area contributed by atoms with Crippen LogP contribution in [-0.2, 0) is 10.0 Å². The van der Waals surface area contributed by atoms with E-state index in [0.717, 1.165) is 12.8 Å². The first-order chi connectivity index (χ1) is 9.57. The Morgan fingerprint density at radius 1 is 1.30 bits per heavy atom. The SMILES string of the molecule is O=S(=O)(C1CC1)N1CCN(C[C@H](O)c2ccco2)CC1. The van der Waals surface area contributed by atoms with Crippen molar-refractivity contribution in [2.45, 2.75) is 24.2 Å². The molecule has 7 heteroatoms.